The number of aliphatic hydroxyl groups is 1. The fourth-order valence-electron chi connectivity index (χ4n) is 2.95. The van der Waals surface area contributed by atoms with Gasteiger partial charge in [-0.15, -0.1) is 0 Å². The minimum absolute atomic E-state index is 0.383. The standard InChI is InChI=1S/C19H20O/c1-2-3-12-18(20)19-16-10-6-4-8-14(16)13-15-9-5-7-11-17(15)19/h4-11,13,18,20H,2-3,12H2,1H3/t18-/m0/s1. The second-order valence-corrected chi connectivity index (χ2v) is 5.39. The van der Waals surface area contributed by atoms with Gasteiger partial charge in [0.15, 0.2) is 0 Å². The van der Waals surface area contributed by atoms with E-state index in [0.29, 0.717) is 0 Å². The van der Waals surface area contributed by atoms with Crippen molar-refractivity contribution in [2.45, 2.75) is 32.3 Å². The maximum atomic E-state index is 10.6. The Hall–Kier alpha value is -1.86. The van der Waals surface area contributed by atoms with Gasteiger partial charge in [-0.05, 0) is 39.6 Å². The van der Waals surface area contributed by atoms with E-state index < -0.39 is 0 Å². The summed E-state index contributed by atoms with van der Waals surface area (Å²) in [6.07, 6.45) is 2.61. The quantitative estimate of drug-likeness (QED) is 0.641. The summed E-state index contributed by atoms with van der Waals surface area (Å²) in [6.45, 7) is 2.16. The van der Waals surface area contributed by atoms with Crippen LogP contribution in [0.3, 0.4) is 0 Å². The van der Waals surface area contributed by atoms with E-state index in [9.17, 15) is 5.11 Å². The molecule has 1 N–H and O–H groups in total. The van der Waals surface area contributed by atoms with Crippen molar-refractivity contribution in [1.82, 2.24) is 0 Å². The molecule has 0 heterocycles. The monoisotopic (exact) mass is 264 g/mol. The molecule has 0 aliphatic carbocycles. The zero-order valence-electron chi connectivity index (χ0n) is 11.8. The molecule has 0 aromatic heterocycles. The first-order chi connectivity index (χ1) is 9.81. The van der Waals surface area contributed by atoms with Crippen molar-refractivity contribution in [2.75, 3.05) is 0 Å². The Bertz CT molecular complexity index is 676. The van der Waals surface area contributed by atoms with E-state index in [1.54, 1.807) is 0 Å². The molecule has 0 fully saturated rings. The summed E-state index contributed by atoms with van der Waals surface area (Å²) in [5.74, 6) is 0. The Morgan fingerprint density at radius 3 is 2.00 bits per heavy atom. The number of hydrogen-bond acceptors (Lipinski definition) is 1. The molecular formula is C19H20O. The molecule has 0 unspecified atom stereocenters. The average molecular weight is 264 g/mol. The molecule has 3 aromatic carbocycles. The molecule has 102 valence electrons. The summed E-state index contributed by atoms with van der Waals surface area (Å²) < 4.78 is 0. The minimum Gasteiger partial charge on any atom is -0.388 e. The molecule has 20 heavy (non-hydrogen) atoms. The van der Waals surface area contributed by atoms with Gasteiger partial charge in [-0.3, -0.25) is 0 Å². The van der Waals surface area contributed by atoms with Gasteiger partial charge in [0.25, 0.3) is 0 Å². The van der Waals surface area contributed by atoms with Gasteiger partial charge >= 0.3 is 0 Å². The molecule has 1 heteroatoms. The van der Waals surface area contributed by atoms with Crippen molar-refractivity contribution in [2.24, 2.45) is 0 Å². The minimum atomic E-state index is -0.383. The summed E-state index contributed by atoms with van der Waals surface area (Å²) in [5.41, 5.74) is 1.09. The number of unbranched alkanes of at least 4 members (excludes halogenated alkanes) is 1. The van der Waals surface area contributed by atoms with Gasteiger partial charge in [0.05, 0.1) is 6.10 Å². The highest BCUT2D eigenvalue weighted by atomic mass is 16.3. The lowest BCUT2D eigenvalue weighted by molar-refractivity contribution is 0.167. The Balaban J connectivity index is 2.27. The molecule has 1 atom stereocenters. The van der Waals surface area contributed by atoms with E-state index in [1.165, 1.54) is 21.5 Å². The van der Waals surface area contributed by atoms with Gasteiger partial charge in [0, 0.05) is 0 Å². The highest BCUT2D eigenvalue weighted by Gasteiger charge is 2.14. The Kier molecular flexibility index (Phi) is 3.70. The second kappa shape index (κ2) is 5.64. The number of rotatable bonds is 4. The molecule has 3 aromatic rings. The van der Waals surface area contributed by atoms with E-state index in [0.717, 1.165) is 24.8 Å². The maximum Gasteiger partial charge on any atom is 0.0802 e. The lowest BCUT2D eigenvalue weighted by Gasteiger charge is -2.17. The van der Waals surface area contributed by atoms with E-state index >= 15 is 0 Å². The van der Waals surface area contributed by atoms with Crippen LogP contribution < -0.4 is 0 Å². The summed E-state index contributed by atoms with van der Waals surface area (Å²) in [5, 5.41) is 15.4. The van der Waals surface area contributed by atoms with E-state index in [4.69, 9.17) is 0 Å². The first kappa shape index (κ1) is 13.1. The first-order valence-corrected chi connectivity index (χ1v) is 7.39. The van der Waals surface area contributed by atoms with Crippen molar-refractivity contribution in [3.8, 4) is 0 Å². The van der Waals surface area contributed by atoms with E-state index in [1.807, 2.05) is 12.1 Å². The van der Waals surface area contributed by atoms with Crippen molar-refractivity contribution in [1.29, 1.82) is 0 Å². The number of hydrogen-bond donors (Lipinski definition) is 1. The van der Waals surface area contributed by atoms with Gasteiger partial charge in [0.2, 0.25) is 0 Å². The summed E-state index contributed by atoms with van der Waals surface area (Å²) >= 11 is 0. The van der Waals surface area contributed by atoms with Crippen LogP contribution in [0, 0.1) is 0 Å². The molecule has 0 amide bonds. The van der Waals surface area contributed by atoms with Crippen LogP contribution in [0.25, 0.3) is 21.5 Å². The van der Waals surface area contributed by atoms with Crippen LogP contribution in [0.4, 0.5) is 0 Å². The van der Waals surface area contributed by atoms with Crippen LogP contribution in [0.15, 0.2) is 54.6 Å². The van der Waals surface area contributed by atoms with Crippen LogP contribution in [0.5, 0.6) is 0 Å². The topological polar surface area (TPSA) is 20.2 Å². The van der Waals surface area contributed by atoms with Crippen molar-refractivity contribution in [3.05, 3.63) is 60.2 Å². The number of benzene rings is 3. The lowest BCUT2D eigenvalue weighted by atomic mass is 9.91. The molecule has 1 nitrogen and oxygen atoms in total. The van der Waals surface area contributed by atoms with Gasteiger partial charge < -0.3 is 5.11 Å². The van der Waals surface area contributed by atoms with Crippen molar-refractivity contribution < 1.29 is 5.11 Å². The third kappa shape index (κ3) is 2.30. The average Bonchev–Trinajstić information content (AvgIpc) is 2.50. The Morgan fingerprint density at radius 1 is 0.900 bits per heavy atom. The molecule has 0 bridgehead atoms. The Labute approximate surface area is 119 Å². The number of aliphatic hydroxyl groups excluding tert-OH is 1. The molecule has 0 spiro atoms. The fraction of sp³-hybridized carbons (Fsp3) is 0.263. The van der Waals surface area contributed by atoms with Gasteiger partial charge in [-0.1, -0.05) is 68.3 Å². The zero-order chi connectivity index (χ0) is 13.9. The normalized spacial score (nSPS) is 12.9. The van der Waals surface area contributed by atoms with Gasteiger partial charge in [0.1, 0.15) is 0 Å². The summed E-state index contributed by atoms with van der Waals surface area (Å²) in [4.78, 5) is 0. The van der Waals surface area contributed by atoms with Crippen LogP contribution in [-0.4, -0.2) is 5.11 Å². The third-order valence-electron chi connectivity index (χ3n) is 3.98. The largest absolute Gasteiger partial charge is 0.388 e. The van der Waals surface area contributed by atoms with Crippen molar-refractivity contribution >= 4 is 21.5 Å². The molecular weight excluding hydrogens is 244 g/mol. The Morgan fingerprint density at radius 2 is 1.45 bits per heavy atom. The summed E-state index contributed by atoms with van der Waals surface area (Å²) in [7, 11) is 0. The zero-order valence-corrected chi connectivity index (χ0v) is 11.8. The predicted octanol–water partition coefficient (Wildman–Crippen LogP) is 5.22. The SMILES string of the molecule is CCCC[C@H](O)c1c2ccccc2cc2ccccc12. The molecule has 3 rings (SSSR count). The van der Waals surface area contributed by atoms with Crippen molar-refractivity contribution in [3.63, 3.8) is 0 Å². The molecule has 0 aliphatic heterocycles. The van der Waals surface area contributed by atoms with Crippen LogP contribution in [0.2, 0.25) is 0 Å². The highest BCUT2D eigenvalue weighted by Crippen LogP contribution is 2.34. The maximum absolute atomic E-state index is 10.6. The molecule has 0 aliphatic rings. The molecule has 0 radical (unpaired) electrons. The highest BCUT2D eigenvalue weighted by molar-refractivity contribution is 6.02. The second-order valence-electron chi connectivity index (χ2n) is 5.39. The van der Waals surface area contributed by atoms with Crippen LogP contribution >= 0.6 is 0 Å². The van der Waals surface area contributed by atoms with E-state index in [-0.39, 0.29) is 6.10 Å². The fourth-order valence-corrected chi connectivity index (χ4v) is 2.95. The summed E-state index contributed by atoms with van der Waals surface area (Å²) in [6, 6.07) is 18.9. The smallest absolute Gasteiger partial charge is 0.0802 e. The van der Waals surface area contributed by atoms with E-state index in [2.05, 4.69) is 49.4 Å². The van der Waals surface area contributed by atoms with Crippen LogP contribution in [0.1, 0.15) is 37.9 Å². The lowest BCUT2D eigenvalue weighted by Crippen LogP contribution is -2.00. The number of fused-ring (bicyclic) bond motifs is 2. The first-order valence-electron chi connectivity index (χ1n) is 7.39. The van der Waals surface area contributed by atoms with Crippen LogP contribution in [-0.2, 0) is 0 Å². The van der Waals surface area contributed by atoms with Gasteiger partial charge in [-0.2, -0.15) is 0 Å². The van der Waals surface area contributed by atoms with Gasteiger partial charge in [-0.25, -0.2) is 0 Å². The predicted molar refractivity (Wildman–Crippen MR) is 85.9 cm³/mol. The third-order valence-corrected chi connectivity index (χ3v) is 3.98. The molecule has 0 saturated heterocycles. The molecule has 0 saturated carbocycles.